The van der Waals surface area contributed by atoms with Gasteiger partial charge in [-0.3, -0.25) is 0 Å². The second-order valence-electron chi connectivity index (χ2n) is 2.90. The van der Waals surface area contributed by atoms with Gasteiger partial charge in [0, 0.05) is 0 Å². The number of hydrogen-bond acceptors (Lipinski definition) is 3. The fraction of sp³-hybridized carbons (Fsp3) is 0.182. The highest BCUT2D eigenvalue weighted by Gasteiger charge is 2.09. The first-order chi connectivity index (χ1) is 7.31. The maximum atomic E-state index is 6.00. The lowest BCUT2D eigenvalue weighted by Crippen LogP contribution is -1.87. The van der Waals surface area contributed by atoms with E-state index in [9.17, 15) is 0 Å². The van der Waals surface area contributed by atoms with E-state index in [-0.39, 0.29) is 0 Å². The molecule has 0 fully saturated rings. The normalized spacial score (nSPS) is 10.3. The van der Waals surface area contributed by atoms with Crippen LogP contribution < -0.4 is 4.74 Å². The Hall–Kier alpha value is -1.48. The number of hydrogen-bond donors (Lipinski definition) is 0. The third-order valence-corrected chi connectivity index (χ3v) is 2.20. The second-order valence-corrected chi connectivity index (χ2v) is 3.30. The molecular weight excluding hydrogens is 214 g/mol. The SMILES string of the molecule is CCOc1cnc(-c2ccccc2Cl)o1. The van der Waals surface area contributed by atoms with E-state index in [1.165, 1.54) is 0 Å². The van der Waals surface area contributed by atoms with Gasteiger partial charge in [-0.2, -0.15) is 0 Å². The fourth-order valence-corrected chi connectivity index (χ4v) is 1.44. The van der Waals surface area contributed by atoms with Crippen molar-refractivity contribution in [1.29, 1.82) is 0 Å². The lowest BCUT2D eigenvalue weighted by Gasteiger charge is -1.98. The molecule has 0 spiro atoms. The molecule has 0 N–H and O–H groups in total. The second kappa shape index (κ2) is 4.36. The van der Waals surface area contributed by atoms with E-state index in [1.54, 1.807) is 12.3 Å². The molecule has 15 heavy (non-hydrogen) atoms. The molecule has 0 aliphatic carbocycles. The van der Waals surface area contributed by atoms with Crippen molar-refractivity contribution >= 4 is 11.6 Å². The first-order valence-corrected chi connectivity index (χ1v) is 5.02. The molecule has 2 rings (SSSR count). The van der Waals surface area contributed by atoms with Gasteiger partial charge in [0.2, 0.25) is 5.89 Å². The van der Waals surface area contributed by atoms with Crippen molar-refractivity contribution in [3.8, 4) is 17.4 Å². The lowest BCUT2D eigenvalue weighted by molar-refractivity contribution is 0.260. The van der Waals surface area contributed by atoms with Crippen LogP contribution in [0.1, 0.15) is 6.92 Å². The van der Waals surface area contributed by atoms with Crippen molar-refractivity contribution in [3.63, 3.8) is 0 Å². The number of ether oxygens (including phenoxy) is 1. The van der Waals surface area contributed by atoms with Gasteiger partial charge in [-0.15, -0.1) is 0 Å². The molecule has 0 saturated heterocycles. The molecule has 0 saturated carbocycles. The highest BCUT2D eigenvalue weighted by atomic mass is 35.5. The maximum Gasteiger partial charge on any atom is 0.305 e. The summed E-state index contributed by atoms with van der Waals surface area (Å²) in [4.78, 5) is 4.09. The molecule has 0 aliphatic rings. The predicted molar refractivity (Wildman–Crippen MR) is 58.1 cm³/mol. The molecule has 0 atom stereocenters. The van der Waals surface area contributed by atoms with Crippen molar-refractivity contribution in [2.75, 3.05) is 6.61 Å². The smallest absolute Gasteiger partial charge is 0.305 e. The standard InChI is InChI=1S/C11H10ClNO2/c1-2-14-10-7-13-11(15-10)8-5-3-4-6-9(8)12/h3-7H,2H2,1H3. The average Bonchev–Trinajstić information content (AvgIpc) is 2.68. The molecule has 0 radical (unpaired) electrons. The number of nitrogens with zero attached hydrogens (tertiary/aromatic N) is 1. The van der Waals surface area contributed by atoms with E-state index >= 15 is 0 Å². The Morgan fingerprint density at radius 3 is 2.93 bits per heavy atom. The molecule has 0 amide bonds. The topological polar surface area (TPSA) is 35.3 Å². The van der Waals surface area contributed by atoms with Crippen LogP contribution in [0.2, 0.25) is 5.02 Å². The largest absolute Gasteiger partial charge is 0.464 e. The van der Waals surface area contributed by atoms with E-state index < -0.39 is 0 Å². The van der Waals surface area contributed by atoms with Gasteiger partial charge in [-0.1, -0.05) is 23.7 Å². The number of oxazole rings is 1. The first kappa shape index (κ1) is 10.1. The molecule has 78 valence electrons. The zero-order valence-electron chi connectivity index (χ0n) is 8.24. The van der Waals surface area contributed by atoms with Gasteiger partial charge in [0.25, 0.3) is 0 Å². The van der Waals surface area contributed by atoms with E-state index in [1.807, 2.05) is 25.1 Å². The summed E-state index contributed by atoms with van der Waals surface area (Å²) < 4.78 is 10.5. The van der Waals surface area contributed by atoms with Crippen molar-refractivity contribution < 1.29 is 9.15 Å². The van der Waals surface area contributed by atoms with Crippen molar-refractivity contribution in [2.24, 2.45) is 0 Å². The lowest BCUT2D eigenvalue weighted by atomic mass is 10.2. The third kappa shape index (κ3) is 2.13. The zero-order chi connectivity index (χ0) is 10.7. The number of rotatable bonds is 3. The Morgan fingerprint density at radius 1 is 1.40 bits per heavy atom. The Morgan fingerprint density at radius 2 is 2.20 bits per heavy atom. The minimum Gasteiger partial charge on any atom is -0.464 e. The van der Waals surface area contributed by atoms with Gasteiger partial charge >= 0.3 is 5.95 Å². The molecule has 4 heteroatoms. The van der Waals surface area contributed by atoms with Crippen LogP contribution in [-0.4, -0.2) is 11.6 Å². The van der Waals surface area contributed by atoms with Crippen molar-refractivity contribution in [2.45, 2.75) is 6.92 Å². The molecule has 0 aliphatic heterocycles. The summed E-state index contributed by atoms with van der Waals surface area (Å²) in [6, 6.07) is 7.38. The summed E-state index contributed by atoms with van der Waals surface area (Å²) in [5.41, 5.74) is 0.769. The summed E-state index contributed by atoms with van der Waals surface area (Å²) in [5, 5.41) is 0.613. The molecule has 2 aromatic rings. The number of aromatic nitrogens is 1. The first-order valence-electron chi connectivity index (χ1n) is 4.64. The molecule has 1 aromatic carbocycles. The predicted octanol–water partition coefficient (Wildman–Crippen LogP) is 3.39. The van der Waals surface area contributed by atoms with Crippen LogP contribution in [0.3, 0.4) is 0 Å². The zero-order valence-corrected chi connectivity index (χ0v) is 8.99. The highest BCUT2D eigenvalue weighted by molar-refractivity contribution is 6.33. The van der Waals surface area contributed by atoms with Crippen LogP contribution in [0.4, 0.5) is 0 Å². The van der Waals surface area contributed by atoms with Gasteiger partial charge < -0.3 is 9.15 Å². The Balaban J connectivity index is 2.33. The van der Waals surface area contributed by atoms with Gasteiger partial charge in [0.1, 0.15) is 6.20 Å². The van der Waals surface area contributed by atoms with Crippen molar-refractivity contribution in [3.05, 3.63) is 35.5 Å². The third-order valence-electron chi connectivity index (χ3n) is 1.88. The number of benzene rings is 1. The van der Waals surface area contributed by atoms with Crippen LogP contribution >= 0.6 is 11.6 Å². The molecule has 3 nitrogen and oxygen atoms in total. The maximum absolute atomic E-state index is 6.00. The molecular formula is C11H10ClNO2. The Kier molecular flexibility index (Phi) is 2.92. The number of halogens is 1. The highest BCUT2D eigenvalue weighted by Crippen LogP contribution is 2.28. The van der Waals surface area contributed by atoms with E-state index in [4.69, 9.17) is 20.8 Å². The Labute approximate surface area is 92.6 Å². The molecule has 0 unspecified atom stereocenters. The summed E-state index contributed by atoms with van der Waals surface area (Å²) in [7, 11) is 0. The summed E-state index contributed by atoms with van der Waals surface area (Å²) >= 11 is 6.00. The quantitative estimate of drug-likeness (QED) is 0.800. The summed E-state index contributed by atoms with van der Waals surface area (Å²) in [5.74, 6) is 0.886. The van der Waals surface area contributed by atoms with E-state index in [0.717, 1.165) is 5.56 Å². The van der Waals surface area contributed by atoms with Crippen LogP contribution in [-0.2, 0) is 0 Å². The minimum absolute atomic E-state index is 0.410. The molecule has 1 aromatic heterocycles. The molecule has 0 bridgehead atoms. The van der Waals surface area contributed by atoms with Gasteiger partial charge in [0.05, 0.1) is 17.2 Å². The van der Waals surface area contributed by atoms with Crippen LogP contribution in [0.5, 0.6) is 5.95 Å². The average molecular weight is 224 g/mol. The van der Waals surface area contributed by atoms with Crippen LogP contribution in [0, 0.1) is 0 Å². The summed E-state index contributed by atoms with van der Waals surface area (Å²) in [6.45, 7) is 2.44. The van der Waals surface area contributed by atoms with Gasteiger partial charge in [0.15, 0.2) is 0 Å². The van der Waals surface area contributed by atoms with Crippen LogP contribution in [0.15, 0.2) is 34.9 Å². The monoisotopic (exact) mass is 223 g/mol. The van der Waals surface area contributed by atoms with Gasteiger partial charge in [-0.25, -0.2) is 4.98 Å². The van der Waals surface area contributed by atoms with Crippen LogP contribution in [0.25, 0.3) is 11.5 Å². The minimum atomic E-state index is 0.410. The van der Waals surface area contributed by atoms with Crippen molar-refractivity contribution in [1.82, 2.24) is 4.98 Å². The molecule has 1 heterocycles. The summed E-state index contributed by atoms with van der Waals surface area (Å²) in [6.07, 6.45) is 1.54. The Bertz CT molecular complexity index is 453. The fourth-order valence-electron chi connectivity index (χ4n) is 1.23. The van der Waals surface area contributed by atoms with Gasteiger partial charge in [-0.05, 0) is 19.1 Å². The van der Waals surface area contributed by atoms with E-state index in [0.29, 0.717) is 23.5 Å². The van der Waals surface area contributed by atoms with E-state index in [2.05, 4.69) is 4.98 Å².